The SMILES string of the molecule is O=C(Nc1cncc(-c2cnc3[nH]nc(-c4nc5c(-c6ccccc6F)ccnc5[nH]4)c3c2F)c1)C1CCC1. The Labute approximate surface area is 219 Å². The molecule has 0 unspecified atom stereocenters. The molecule has 6 aromatic rings. The second-order valence-electron chi connectivity index (χ2n) is 9.48. The molecular weight excluding hydrogens is 502 g/mol. The molecule has 0 saturated heterocycles. The normalized spacial score (nSPS) is 13.6. The molecule has 192 valence electrons. The number of amides is 1. The Kier molecular flexibility index (Phi) is 5.36. The number of H-pyrrole nitrogens is 2. The summed E-state index contributed by atoms with van der Waals surface area (Å²) in [5.74, 6) is -0.756. The van der Waals surface area contributed by atoms with Crippen molar-refractivity contribution in [3.8, 4) is 33.8 Å². The highest BCUT2D eigenvalue weighted by Gasteiger charge is 2.26. The molecule has 9 nitrogen and oxygen atoms in total. The van der Waals surface area contributed by atoms with Crippen LogP contribution in [0.2, 0.25) is 0 Å². The quantitative estimate of drug-likeness (QED) is 0.269. The van der Waals surface area contributed by atoms with Crippen molar-refractivity contribution in [1.29, 1.82) is 0 Å². The fraction of sp³-hybridized carbons (Fsp3) is 0.143. The van der Waals surface area contributed by atoms with E-state index in [2.05, 4.69) is 40.4 Å². The van der Waals surface area contributed by atoms with E-state index >= 15 is 4.39 Å². The molecule has 7 rings (SSSR count). The smallest absolute Gasteiger partial charge is 0.227 e. The molecular formula is C28H20F2N8O. The van der Waals surface area contributed by atoms with Gasteiger partial charge in [-0.2, -0.15) is 5.10 Å². The van der Waals surface area contributed by atoms with Crippen molar-refractivity contribution in [1.82, 2.24) is 35.1 Å². The van der Waals surface area contributed by atoms with Gasteiger partial charge in [0.05, 0.1) is 17.3 Å². The molecule has 1 aliphatic carbocycles. The summed E-state index contributed by atoms with van der Waals surface area (Å²) >= 11 is 0. The van der Waals surface area contributed by atoms with Gasteiger partial charge in [0.1, 0.15) is 22.8 Å². The summed E-state index contributed by atoms with van der Waals surface area (Å²) in [6.45, 7) is 0. The predicted octanol–water partition coefficient (Wildman–Crippen LogP) is 5.64. The van der Waals surface area contributed by atoms with E-state index in [1.807, 2.05) is 0 Å². The van der Waals surface area contributed by atoms with Gasteiger partial charge in [-0.1, -0.05) is 24.6 Å². The number of pyridine rings is 3. The first kappa shape index (κ1) is 23.1. The van der Waals surface area contributed by atoms with Crippen molar-refractivity contribution >= 4 is 33.8 Å². The molecule has 0 radical (unpaired) electrons. The lowest BCUT2D eigenvalue weighted by Gasteiger charge is -2.24. The van der Waals surface area contributed by atoms with E-state index in [4.69, 9.17) is 0 Å². The maximum absolute atomic E-state index is 16.1. The summed E-state index contributed by atoms with van der Waals surface area (Å²) in [6.07, 6.45) is 8.78. The van der Waals surface area contributed by atoms with E-state index in [9.17, 15) is 9.18 Å². The van der Waals surface area contributed by atoms with Crippen LogP contribution in [0.1, 0.15) is 19.3 Å². The summed E-state index contributed by atoms with van der Waals surface area (Å²) < 4.78 is 30.6. The van der Waals surface area contributed by atoms with E-state index in [0.717, 1.165) is 19.3 Å². The van der Waals surface area contributed by atoms with Crippen LogP contribution >= 0.6 is 0 Å². The van der Waals surface area contributed by atoms with Crippen LogP contribution in [0.15, 0.2) is 61.2 Å². The third-order valence-electron chi connectivity index (χ3n) is 7.09. The zero-order chi connectivity index (χ0) is 26.5. The molecule has 5 aromatic heterocycles. The molecule has 11 heteroatoms. The maximum atomic E-state index is 16.1. The summed E-state index contributed by atoms with van der Waals surface area (Å²) in [7, 11) is 0. The Balaban J connectivity index is 1.30. The number of nitrogens with zero attached hydrogens (tertiary/aromatic N) is 5. The second-order valence-corrected chi connectivity index (χ2v) is 9.48. The van der Waals surface area contributed by atoms with Crippen LogP contribution in [0.5, 0.6) is 0 Å². The average molecular weight is 523 g/mol. The van der Waals surface area contributed by atoms with Crippen molar-refractivity contribution in [3.05, 3.63) is 72.8 Å². The third-order valence-corrected chi connectivity index (χ3v) is 7.09. The topological polar surface area (TPSA) is 125 Å². The summed E-state index contributed by atoms with van der Waals surface area (Å²) in [4.78, 5) is 33.0. The lowest BCUT2D eigenvalue weighted by atomic mass is 9.85. The van der Waals surface area contributed by atoms with Gasteiger partial charge in [0.25, 0.3) is 0 Å². The van der Waals surface area contributed by atoms with Gasteiger partial charge in [0.2, 0.25) is 5.91 Å². The van der Waals surface area contributed by atoms with Crippen molar-refractivity contribution < 1.29 is 13.6 Å². The number of carbonyl (C=O) groups is 1. The number of benzene rings is 1. The van der Waals surface area contributed by atoms with Crippen LogP contribution in [0, 0.1) is 17.6 Å². The average Bonchev–Trinajstić information content (AvgIpc) is 3.53. The number of nitrogens with one attached hydrogen (secondary N) is 3. The van der Waals surface area contributed by atoms with Gasteiger partial charge in [-0.25, -0.2) is 23.7 Å². The molecule has 3 N–H and O–H groups in total. The van der Waals surface area contributed by atoms with E-state index in [1.165, 1.54) is 24.7 Å². The van der Waals surface area contributed by atoms with E-state index < -0.39 is 5.82 Å². The maximum Gasteiger partial charge on any atom is 0.227 e. The zero-order valence-corrected chi connectivity index (χ0v) is 20.4. The highest BCUT2D eigenvalue weighted by atomic mass is 19.1. The molecule has 0 aliphatic heterocycles. The number of fused-ring (bicyclic) bond motifs is 2. The molecule has 1 amide bonds. The fourth-order valence-corrected chi connectivity index (χ4v) is 4.82. The molecule has 0 bridgehead atoms. The fourth-order valence-electron chi connectivity index (χ4n) is 4.82. The van der Waals surface area contributed by atoms with Gasteiger partial charge in [0, 0.05) is 46.8 Å². The van der Waals surface area contributed by atoms with Crippen LogP contribution < -0.4 is 5.32 Å². The molecule has 1 fully saturated rings. The minimum absolute atomic E-state index is 0.00842. The van der Waals surface area contributed by atoms with Crippen molar-refractivity contribution in [2.45, 2.75) is 19.3 Å². The summed E-state index contributed by atoms with van der Waals surface area (Å²) in [5, 5.41) is 10.0. The highest BCUT2D eigenvalue weighted by molar-refractivity contribution is 5.97. The summed E-state index contributed by atoms with van der Waals surface area (Å²) in [6, 6.07) is 9.74. The lowest BCUT2D eigenvalue weighted by molar-refractivity contribution is -0.122. The van der Waals surface area contributed by atoms with Gasteiger partial charge in [-0.15, -0.1) is 0 Å². The van der Waals surface area contributed by atoms with Gasteiger partial charge in [0.15, 0.2) is 17.1 Å². The van der Waals surface area contributed by atoms with Crippen LogP contribution in [-0.2, 0) is 4.79 Å². The highest BCUT2D eigenvalue weighted by Crippen LogP contribution is 2.35. The van der Waals surface area contributed by atoms with Crippen LogP contribution in [-0.4, -0.2) is 41.0 Å². The van der Waals surface area contributed by atoms with Crippen LogP contribution in [0.4, 0.5) is 14.5 Å². The predicted molar refractivity (Wildman–Crippen MR) is 141 cm³/mol. The summed E-state index contributed by atoms with van der Waals surface area (Å²) in [5.41, 5.74) is 3.33. The molecule has 0 atom stereocenters. The zero-order valence-electron chi connectivity index (χ0n) is 20.4. The Morgan fingerprint density at radius 2 is 1.85 bits per heavy atom. The number of halogens is 2. The standard InChI is InChI=1S/C28H20F2N8O/c29-20-7-2-1-6-17(20)18-8-9-32-26-23(18)35-27(36-26)24-21-22(30)19(13-33-25(21)38-37-24)15-10-16(12-31-11-15)34-28(39)14-4-3-5-14/h1-2,6-14H,3-5H2,(H,34,39)(H,32,35,36)(H,33,37,38). The lowest BCUT2D eigenvalue weighted by Crippen LogP contribution is -2.28. The van der Waals surface area contributed by atoms with Gasteiger partial charge in [-0.05, 0) is 31.0 Å². The van der Waals surface area contributed by atoms with Crippen molar-refractivity contribution in [2.75, 3.05) is 5.32 Å². The number of imidazole rings is 1. The molecule has 0 spiro atoms. The number of hydrogen-bond acceptors (Lipinski definition) is 6. The molecule has 1 aliphatic rings. The van der Waals surface area contributed by atoms with Crippen LogP contribution in [0.3, 0.4) is 0 Å². The van der Waals surface area contributed by atoms with Gasteiger partial charge >= 0.3 is 0 Å². The van der Waals surface area contributed by atoms with Gasteiger partial charge in [-0.3, -0.25) is 14.9 Å². The Morgan fingerprint density at radius 3 is 2.67 bits per heavy atom. The molecule has 1 saturated carbocycles. The Bertz CT molecular complexity index is 1890. The number of aromatic nitrogens is 7. The number of anilines is 1. The second kappa shape index (κ2) is 9.05. The monoisotopic (exact) mass is 522 g/mol. The third kappa shape index (κ3) is 3.90. The number of rotatable bonds is 5. The number of carbonyl (C=O) groups excluding carboxylic acids is 1. The van der Waals surface area contributed by atoms with E-state index in [0.29, 0.717) is 33.5 Å². The van der Waals surface area contributed by atoms with E-state index in [-0.39, 0.29) is 45.8 Å². The molecule has 5 heterocycles. The number of aromatic amines is 2. The van der Waals surface area contributed by atoms with Gasteiger partial charge < -0.3 is 10.3 Å². The molecule has 39 heavy (non-hydrogen) atoms. The molecule has 1 aromatic carbocycles. The largest absolute Gasteiger partial charge is 0.324 e. The first-order chi connectivity index (χ1) is 19.1. The minimum atomic E-state index is -0.573. The minimum Gasteiger partial charge on any atom is -0.324 e. The first-order valence-electron chi connectivity index (χ1n) is 12.5. The van der Waals surface area contributed by atoms with Crippen LogP contribution in [0.25, 0.3) is 56.0 Å². The van der Waals surface area contributed by atoms with Crippen molar-refractivity contribution in [3.63, 3.8) is 0 Å². The van der Waals surface area contributed by atoms with E-state index in [1.54, 1.807) is 36.5 Å². The Morgan fingerprint density at radius 1 is 0.974 bits per heavy atom. The number of hydrogen-bond donors (Lipinski definition) is 3. The van der Waals surface area contributed by atoms with Crippen molar-refractivity contribution in [2.24, 2.45) is 5.92 Å². The Hall–Kier alpha value is -5.06. The first-order valence-corrected chi connectivity index (χ1v) is 12.5.